The summed E-state index contributed by atoms with van der Waals surface area (Å²) in [7, 11) is 3.26. The maximum atomic E-state index is 9.61. The van der Waals surface area contributed by atoms with Gasteiger partial charge in [0, 0.05) is 19.7 Å². The summed E-state index contributed by atoms with van der Waals surface area (Å²) >= 11 is 0. The van der Waals surface area contributed by atoms with Gasteiger partial charge in [-0.3, -0.25) is 0 Å². The van der Waals surface area contributed by atoms with Gasteiger partial charge in [-0.05, 0) is 30.5 Å². The van der Waals surface area contributed by atoms with E-state index < -0.39 is 6.10 Å². The van der Waals surface area contributed by atoms with Gasteiger partial charge in [-0.15, -0.1) is 0 Å². The van der Waals surface area contributed by atoms with Gasteiger partial charge >= 0.3 is 0 Å². The number of rotatable bonds is 8. The molecule has 4 nitrogen and oxygen atoms in total. The normalized spacial score (nSPS) is 15.8. The fourth-order valence-corrected chi connectivity index (χ4v) is 1.95. The van der Waals surface area contributed by atoms with Crippen LogP contribution in [-0.4, -0.2) is 44.6 Å². The molecule has 19 heavy (non-hydrogen) atoms. The van der Waals surface area contributed by atoms with E-state index in [1.165, 1.54) is 5.56 Å². The molecule has 3 atom stereocenters. The fourth-order valence-electron chi connectivity index (χ4n) is 1.95. The summed E-state index contributed by atoms with van der Waals surface area (Å²) in [5.41, 5.74) is 1.25. The molecule has 0 aliphatic carbocycles. The summed E-state index contributed by atoms with van der Waals surface area (Å²) in [4.78, 5) is 0. The molecule has 0 bridgehead atoms. The standard InChI is InChI=1S/C15H25NO3/c1-11(12(2)16-9-14(17)10-18-3)13-5-7-15(19-4)8-6-13/h5-8,11-12,14,16-17H,9-10H2,1-4H3. The van der Waals surface area contributed by atoms with Crippen LogP contribution in [0.25, 0.3) is 0 Å². The van der Waals surface area contributed by atoms with Crippen LogP contribution in [0.15, 0.2) is 24.3 Å². The third-order valence-corrected chi connectivity index (χ3v) is 3.43. The quantitative estimate of drug-likeness (QED) is 0.754. The van der Waals surface area contributed by atoms with Crippen molar-refractivity contribution in [3.8, 4) is 5.75 Å². The van der Waals surface area contributed by atoms with Crippen LogP contribution in [0.3, 0.4) is 0 Å². The molecule has 0 amide bonds. The Labute approximate surface area is 115 Å². The van der Waals surface area contributed by atoms with Crippen LogP contribution in [0.2, 0.25) is 0 Å². The zero-order valence-electron chi connectivity index (χ0n) is 12.2. The van der Waals surface area contributed by atoms with Gasteiger partial charge < -0.3 is 19.9 Å². The number of ether oxygens (including phenoxy) is 2. The van der Waals surface area contributed by atoms with Crippen LogP contribution in [0.1, 0.15) is 25.3 Å². The van der Waals surface area contributed by atoms with Gasteiger partial charge in [0.1, 0.15) is 5.75 Å². The van der Waals surface area contributed by atoms with Crippen molar-refractivity contribution in [2.45, 2.75) is 31.9 Å². The maximum Gasteiger partial charge on any atom is 0.118 e. The molecule has 0 aliphatic heterocycles. The number of nitrogens with one attached hydrogen (secondary N) is 1. The summed E-state index contributed by atoms with van der Waals surface area (Å²) in [6.07, 6.45) is -0.462. The third-order valence-electron chi connectivity index (χ3n) is 3.43. The molecular weight excluding hydrogens is 242 g/mol. The molecule has 0 heterocycles. The maximum absolute atomic E-state index is 9.61. The molecule has 0 saturated heterocycles. The molecule has 0 aromatic heterocycles. The van der Waals surface area contributed by atoms with Gasteiger partial charge in [0.15, 0.2) is 0 Å². The summed E-state index contributed by atoms with van der Waals surface area (Å²) in [5, 5.41) is 12.9. The van der Waals surface area contributed by atoms with E-state index in [1.54, 1.807) is 14.2 Å². The molecule has 2 N–H and O–H groups in total. The van der Waals surface area contributed by atoms with Crippen LogP contribution >= 0.6 is 0 Å². The lowest BCUT2D eigenvalue weighted by molar-refractivity contribution is 0.0626. The summed E-state index contributed by atoms with van der Waals surface area (Å²) in [6, 6.07) is 8.37. The van der Waals surface area contributed by atoms with E-state index in [0.29, 0.717) is 19.1 Å². The van der Waals surface area contributed by atoms with E-state index in [1.807, 2.05) is 12.1 Å². The molecule has 4 heteroatoms. The number of aliphatic hydroxyl groups excluding tert-OH is 1. The van der Waals surface area contributed by atoms with Gasteiger partial charge in [0.2, 0.25) is 0 Å². The molecule has 0 saturated carbocycles. The highest BCUT2D eigenvalue weighted by Crippen LogP contribution is 2.21. The van der Waals surface area contributed by atoms with Gasteiger partial charge in [-0.2, -0.15) is 0 Å². The minimum atomic E-state index is -0.462. The van der Waals surface area contributed by atoms with Gasteiger partial charge in [0.05, 0.1) is 19.8 Å². The lowest BCUT2D eigenvalue weighted by atomic mass is 9.94. The Kier molecular flexibility index (Phi) is 6.84. The van der Waals surface area contributed by atoms with Gasteiger partial charge in [-0.25, -0.2) is 0 Å². The predicted molar refractivity (Wildman–Crippen MR) is 76.8 cm³/mol. The Morgan fingerprint density at radius 1 is 1.16 bits per heavy atom. The van der Waals surface area contributed by atoms with Crippen molar-refractivity contribution in [1.29, 1.82) is 0 Å². The van der Waals surface area contributed by atoms with Gasteiger partial charge in [-0.1, -0.05) is 19.1 Å². The van der Waals surface area contributed by atoms with Crippen molar-refractivity contribution in [2.75, 3.05) is 27.4 Å². The Morgan fingerprint density at radius 3 is 2.32 bits per heavy atom. The molecule has 1 aromatic rings. The first-order valence-corrected chi connectivity index (χ1v) is 6.62. The third kappa shape index (κ3) is 5.19. The average Bonchev–Trinajstić information content (AvgIpc) is 2.44. The molecule has 1 rings (SSSR count). The number of hydrogen-bond donors (Lipinski definition) is 2. The lowest BCUT2D eigenvalue weighted by Gasteiger charge is -2.23. The summed E-state index contributed by atoms with van der Waals surface area (Å²) in [5.74, 6) is 1.23. The number of aliphatic hydroxyl groups is 1. The monoisotopic (exact) mass is 267 g/mol. The van der Waals surface area contributed by atoms with Crippen LogP contribution in [-0.2, 0) is 4.74 Å². The molecule has 0 fully saturated rings. The molecule has 0 spiro atoms. The molecular formula is C15H25NO3. The van der Waals surface area contributed by atoms with Crippen LogP contribution in [0, 0.1) is 0 Å². The van der Waals surface area contributed by atoms with Crippen LogP contribution < -0.4 is 10.1 Å². The average molecular weight is 267 g/mol. The van der Waals surface area contributed by atoms with Crippen molar-refractivity contribution in [2.24, 2.45) is 0 Å². The van der Waals surface area contributed by atoms with Crippen LogP contribution in [0.5, 0.6) is 5.75 Å². The van der Waals surface area contributed by atoms with Crippen molar-refractivity contribution in [3.63, 3.8) is 0 Å². The second-order valence-corrected chi connectivity index (χ2v) is 4.87. The zero-order chi connectivity index (χ0) is 14.3. The molecule has 1 aromatic carbocycles. The predicted octanol–water partition coefficient (Wildman–Crippen LogP) is 1.78. The van der Waals surface area contributed by atoms with E-state index in [2.05, 4.69) is 31.3 Å². The Hall–Kier alpha value is -1.10. The second-order valence-electron chi connectivity index (χ2n) is 4.87. The smallest absolute Gasteiger partial charge is 0.118 e. The van der Waals surface area contributed by atoms with Crippen molar-refractivity contribution in [1.82, 2.24) is 5.32 Å². The zero-order valence-corrected chi connectivity index (χ0v) is 12.2. The van der Waals surface area contributed by atoms with Crippen molar-refractivity contribution < 1.29 is 14.6 Å². The Bertz CT molecular complexity index is 353. The fraction of sp³-hybridized carbons (Fsp3) is 0.600. The van der Waals surface area contributed by atoms with Gasteiger partial charge in [0.25, 0.3) is 0 Å². The Morgan fingerprint density at radius 2 is 1.79 bits per heavy atom. The first-order valence-electron chi connectivity index (χ1n) is 6.62. The summed E-state index contributed by atoms with van der Waals surface area (Å²) < 4.78 is 10.1. The Balaban J connectivity index is 2.48. The molecule has 0 aliphatic rings. The number of methoxy groups -OCH3 is 2. The van der Waals surface area contributed by atoms with Crippen molar-refractivity contribution >= 4 is 0 Å². The van der Waals surface area contributed by atoms with Crippen LogP contribution in [0.4, 0.5) is 0 Å². The lowest BCUT2D eigenvalue weighted by Crippen LogP contribution is -2.38. The number of hydrogen-bond acceptors (Lipinski definition) is 4. The minimum absolute atomic E-state index is 0.278. The molecule has 3 unspecified atom stereocenters. The number of benzene rings is 1. The highest BCUT2D eigenvalue weighted by Gasteiger charge is 2.15. The molecule has 108 valence electrons. The minimum Gasteiger partial charge on any atom is -0.497 e. The second kappa shape index (κ2) is 8.15. The topological polar surface area (TPSA) is 50.7 Å². The van der Waals surface area contributed by atoms with E-state index in [9.17, 15) is 5.11 Å². The van der Waals surface area contributed by atoms with E-state index in [0.717, 1.165) is 5.75 Å². The highest BCUT2D eigenvalue weighted by atomic mass is 16.5. The van der Waals surface area contributed by atoms with E-state index in [4.69, 9.17) is 9.47 Å². The SMILES string of the molecule is COCC(O)CNC(C)C(C)c1ccc(OC)cc1. The first-order chi connectivity index (χ1) is 9.08. The highest BCUT2D eigenvalue weighted by molar-refractivity contribution is 5.29. The largest absolute Gasteiger partial charge is 0.497 e. The first kappa shape index (κ1) is 16.0. The molecule has 0 radical (unpaired) electrons. The van der Waals surface area contributed by atoms with E-state index >= 15 is 0 Å². The van der Waals surface area contributed by atoms with Crippen molar-refractivity contribution in [3.05, 3.63) is 29.8 Å². The summed E-state index contributed by atoms with van der Waals surface area (Å²) in [6.45, 7) is 5.18. The van der Waals surface area contributed by atoms with E-state index in [-0.39, 0.29) is 6.04 Å².